The molecule has 292 valence electrons. The van der Waals surface area contributed by atoms with Crippen LogP contribution >= 0.6 is 11.3 Å². The normalized spacial score (nSPS) is 24.5. The summed E-state index contributed by atoms with van der Waals surface area (Å²) in [5.41, 5.74) is 0.517. The molecule has 53 heavy (non-hydrogen) atoms. The summed E-state index contributed by atoms with van der Waals surface area (Å²) in [6, 6.07) is 8.39. The molecule has 3 fully saturated rings. The number of anilines is 1. The maximum Gasteiger partial charge on any atom is 0.306 e. The fourth-order valence-corrected chi connectivity index (χ4v) is 10.5. The van der Waals surface area contributed by atoms with Gasteiger partial charge in [0.15, 0.2) is 11.4 Å². The maximum absolute atomic E-state index is 14.3. The van der Waals surface area contributed by atoms with E-state index in [1.165, 1.54) is 21.7 Å². The monoisotopic (exact) mass is 778 g/mol. The number of rotatable bonds is 17. The van der Waals surface area contributed by atoms with E-state index in [1.807, 2.05) is 13.8 Å². The van der Waals surface area contributed by atoms with E-state index in [9.17, 15) is 27.1 Å². The van der Waals surface area contributed by atoms with Crippen molar-refractivity contribution in [1.82, 2.24) is 14.6 Å². The summed E-state index contributed by atoms with van der Waals surface area (Å²) in [4.78, 5) is 18.4. The number of hydrogen-bond donors (Lipinski definition) is 3. The third-order valence-corrected chi connectivity index (χ3v) is 13.1. The fourth-order valence-electron chi connectivity index (χ4n) is 7.75. The molecule has 1 aromatic heterocycles. The number of aliphatic hydroxyl groups excluding tert-OH is 1. The number of halogens is 2. The second-order valence-electron chi connectivity index (χ2n) is 15.5. The van der Waals surface area contributed by atoms with E-state index in [1.54, 1.807) is 12.1 Å². The van der Waals surface area contributed by atoms with Crippen molar-refractivity contribution in [2.45, 2.75) is 114 Å². The minimum Gasteiger partial charge on any atom is -0.459 e. The Balaban J connectivity index is 1.23. The van der Waals surface area contributed by atoms with Crippen LogP contribution in [-0.2, 0) is 35.4 Å². The van der Waals surface area contributed by atoms with Crippen LogP contribution < -0.4 is 10.6 Å². The Hall–Kier alpha value is -2.79. The van der Waals surface area contributed by atoms with Gasteiger partial charge >= 0.3 is 5.97 Å². The van der Waals surface area contributed by atoms with Gasteiger partial charge in [0, 0.05) is 42.7 Å². The first-order chi connectivity index (χ1) is 25.1. The van der Waals surface area contributed by atoms with E-state index >= 15 is 0 Å². The summed E-state index contributed by atoms with van der Waals surface area (Å²) >= 11 is 1.39. The summed E-state index contributed by atoms with van der Waals surface area (Å²) in [5, 5.41) is 19.6. The van der Waals surface area contributed by atoms with Gasteiger partial charge in [-0.2, -0.15) is 4.31 Å². The number of fused-ring (bicyclic) bond motifs is 2. The first kappa shape index (κ1) is 39.9. The van der Waals surface area contributed by atoms with Gasteiger partial charge in [0.25, 0.3) is 0 Å². The van der Waals surface area contributed by atoms with Crippen LogP contribution in [0, 0.1) is 29.4 Å². The lowest BCUT2D eigenvalue weighted by Crippen LogP contribution is -2.62. The Morgan fingerprint density at radius 2 is 1.85 bits per heavy atom. The number of nitrogens with zero attached hydrogens (tertiary/aromatic N) is 2. The van der Waals surface area contributed by atoms with Crippen LogP contribution in [0.1, 0.15) is 72.3 Å². The molecule has 1 aliphatic carbocycles. The number of ether oxygens (including phenoxy) is 3. The van der Waals surface area contributed by atoms with Gasteiger partial charge in [-0.25, -0.2) is 22.2 Å². The standard InChI is InChI=1S/C38H52F2N4O7S2/c1-6-38(43-23(4)5)11-12-49-36-35(38)32(21-50-36)51-34(46)16-25(13-24-14-26(39)17-27(40)15-24)31(45)20-44(19-22(2)3)53(47,48)29-9-10-30-33(18-29)52-37(42-30)41-28-7-8-28/h9-10,14-15,17-18,22-23,25,28,31-32,35-36,43,45H,6-8,11-13,16,19-21H2,1-5H3,(H,41,42)/t25-,31-,32-,35-,36+,38-/m1/s1. The van der Waals surface area contributed by atoms with E-state index < -0.39 is 52.0 Å². The molecule has 0 radical (unpaired) electrons. The Bertz CT molecular complexity index is 1840. The third kappa shape index (κ3) is 9.54. The highest BCUT2D eigenvalue weighted by Gasteiger charge is 2.55. The SMILES string of the molecule is CC[C@@]1(NC(C)C)CCO[C@H]2OC[C@@H](OC(=O)C[C@@H](Cc3cc(F)cc(F)c3)[C@H](O)CN(CC(C)C)S(=O)(=O)c3ccc4nc(NC5CC5)sc4c3)[C@H]21. The molecule has 2 saturated heterocycles. The first-order valence-corrected chi connectivity index (χ1v) is 20.9. The summed E-state index contributed by atoms with van der Waals surface area (Å²) in [7, 11) is -4.13. The lowest BCUT2D eigenvalue weighted by atomic mass is 9.74. The maximum atomic E-state index is 14.3. The van der Waals surface area contributed by atoms with Gasteiger partial charge < -0.3 is 30.0 Å². The average molecular weight is 779 g/mol. The van der Waals surface area contributed by atoms with Crippen molar-refractivity contribution < 1.29 is 41.3 Å². The average Bonchev–Trinajstić information content (AvgIpc) is 3.65. The van der Waals surface area contributed by atoms with Crippen LogP contribution in [-0.4, -0.2) is 91.2 Å². The highest BCUT2D eigenvalue weighted by atomic mass is 32.2. The number of hydrogen-bond acceptors (Lipinski definition) is 11. The molecule has 15 heteroatoms. The Morgan fingerprint density at radius 3 is 2.51 bits per heavy atom. The molecule has 3 heterocycles. The number of thiazole rings is 1. The molecular weight excluding hydrogens is 727 g/mol. The number of aromatic nitrogens is 1. The van der Waals surface area contributed by atoms with Crippen LogP contribution in [0.5, 0.6) is 0 Å². The van der Waals surface area contributed by atoms with Gasteiger partial charge in [0.2, 0.25) is 10.0 Å². The zero-order chi connectivity index (χ0) is 38.1. The molecule has 1 saturated carbocycles. The van der Waals surface area contributed by atoms with E-state index in [-0.39, 0.29) is 66.4 Å². The minimum absolute atomic E-state index is 0.0579. The summed E-state index contributed by atoms with van der Waals surface area (Å²) < 4.78 is 77.0. The zero-order valence-electron chi connectivity index (χ0n) is 31.0. The molecule has 0 amide bonds. The molecule has 0 bridgehead atoms. The highest BCUT2D eigenvalue weighted by Crippen LogP contribution is 2.42. The molecule has 2 aliphatic heterocycles. The molecule has 3 aromatic rings. The molecule has 11 nitrogen and oxygen atoms in total. The van der Waals surface area contributed by atoms with Crippen molar-refractivity contribution in [2.75, 3.05) is 31.6 Å². The van der Waals surface area contributed by atoms with Gasteiger partial charge in [-0.1, -0.05) is 46.0 Å². The summed E-state index contributed by atoms with van der Waals surface area (Å²) in [6.07, 6.45) is 0.608. The Morgan fingerprint density at radius 1 is 1.11 bits per heavy atom. The zero-order valence-corrected chi connectivity index (χ0v) is 32.7. The van der Waals surface area contributed by atoms with Crippen LogP contribution in [0.15, 0.2) is 41.3 Å². The molecule has 2 aromatic carbocycles. The fraction of sp³-hybridized carbons (Fsp3) is 0.632. The van der Waals surface area contributed by atoms with Gasteiger partial charge in [0.05, 0.1) is 46.8 Å². The van der Waals surface area contributed by atoms with Crippen LogP contribution in [0.2, 0.25) is 0 Å². The number of aliphatic hydroxyl groups is 1. The molecule has 6 rings (SSSR count). The van der Waals surface area contributed by atoms with Gasteiger partial charge in [0.1, 0.15) is 17.7 Å². The number of carbonyl (C=O) groups excluding carboxylic acids is 1. The lowest BCUT2D eigenvalue weighted by Gasteiger charge is -2.47. The topological polar surface area (TPSA) is 139 Å². The molecule has 0 unspecified atom stereocenters. The van der Waals surface area contributed by atoms with Crippen molar-refractivity contribution in [2.24, 2.45) is 17.8 Å². The summed E-state index contributed by atoms with van der Waals surface area (Å²) in [5.74, 6) is -3.56. The number of esters is 1. The van der Waals surface area contributed by atoms with Crippen LogP contribution in [0.4, 0.5) is 13.9 Å². The molecular formula is C38H52F2N4O7S2. The molecule has 3 aliphatic rings. The van der Waals surface area contributed by atoms with Gasteiger partial charge in [-0.3, -0.25) is 4.79 Å². The third-order valence-electron chi connectivity index (χ3n) is 10.3. The predicted octanol–water partition coefficient (Wildman–Crippen LogP) is 5.86. The second kappa shape index (κ2) is 16.5. The molecule has 3 N–H and O–H groups in total. The quantitative estimate of drug-likeness (QED) is 0.143. The van der Waals surface area contributed by atoms with E-state index in [4.69, 9.17) is 14.2 Å². The van der Waals surface area contributed by atoms with Gasteiger partial charge in [-0.05, 0) is 73.9 Å². The van der Waals surface area contributed by atoms with E-state index in [2.05, 4.69) is 36.4 Å². The number of sulfonamides is 1. The second-order valence-corrected chi connectivity index (χ2v) is 18.5. The number of carbonyl (C=O) groups is 1. The van der Waals surface area contributed by atoms with Gasteiger partial charge in [-0.15, -0.1) is 0 Å². The smallest absolute Gasteiger partial charge is 0.306 e. The van der Waals surface area contributed by atoms with Crippen molar-refractivity contribution in [3.8, 4) is 0 Å². The number of nitrogens with one attached hydrogen (secondary N) is 2. The van der Waals surface area contributed by atoms with Crippen LogP contribution in [0.3, 0.4) is 0 Å². The van der Waals surface area contributed by atoms with Crippen LogP contribution in [0.25, 0.3) is 10.2 Å². The minimum atomic E-state index is -4.13. The van der Waals surface area contributed by atoms with Crippen molar-refractivity contribution >= 4 is 42.7 Å². The molecule has 0 spiro atoms. The Kier molecular flexibility index (Phi) is 12.4. The highest BCUT2D eigenvalue weighted by molar-refractivity contribution is 7.89. The van der Waals surface area contributed by atoms with Crippen molar-refractivity contribution in [3.63, 3.8) is 0 Å². The molecule has 6 atom stereocenters. The lowest BCUT2D eigenvalue weighted by molar-refractivity contribution is -0.184. The Labute approximate surface area is 314 Å². The first-order valence-electron chi connectivity index (χ1n) is 18.7. The number of benzene rings is 2. The summed E-state index contributed by atoms with van der Waals surface area (Å²) in [6.45, 7) is 10.3. The van der Waals surface area contributed by atoms with Crippen molar-refractivity contribution in [1.29, 1.82) is 0 Å². The van der Waals surface area contributed by atoms with E-state index in [0.29, 0.717) is 29.3 Å². The van der Waals surface area contributed by atoms with E-state index in [0.717, 1.165) is 42.6 Å². The predicted molar refractivity (Wildman–Crippen MR) is 199 cm³/mol. The largest absolute Gasteiger partial charge is 0.459 e. The van der Waals surface area contributed by atoms with Crippen molar-refractivity contribution in [3.05, 3.63) is 53.6 Å².